The highest BCUT2D eigenvalue weighted by Gasteiger charge is 2.14. The second-order valence-electron chi connectivity index (χ2n) is 3.88. The van der Waals surface area contributed by atoms with Crippen LogP contribution in [0.4, 0.5) is 11.4 Å². The molecule has 0 saturated heterocycles. The molecule has 0 bridgehead atoms. The maximum atomic E-state index is 11.0. The molecule has 0 unspecified atom stereocenters. The van der Waals surface area contributed by atoms with Crippen LogP contribution in [-0.2, 0) is 0 Å². The van der Waals surface area contributed by atoms with E-state index in [9.17, 15) is 10.1 Å². The summed E-state index contributed by atoms with van der Waals surface area (Å²) in [5.74, 6) is 0.376. The van der Waals surface area contributed by atoms with E-state index in [2.05, 4.69) is 10.5 Å². The zero-order valence-corrected chi connectivity index (χ0v) is 12.1. The lowest BCUT2D eigenvalue weighted by Crippen LogP contribution is -2.22. The van der Waals surface area contributed by atoms with Gasteiger partial charge in [-0.1, -0.05) is 6.92 Å². The standard InChI is InChI=1S/C12H14N6O2S/c1-2-5-21-8-3-4-11(18(19)20)9(6-8)16-17-10(7-13)12(14)15/h3-4,6,16H,2,5H2,1H3,(H3,14,15)/b17-10+. The summed E-state index contributed by atoms with van der Waals surface area (Å²) in [5.41, 5.74) is 7.24. The molecule has 0 saturated carbocycles. The Morgan fingerprint density at radius 3 is 2.90 bits per heavy atom. The van der Waals surface area contributed by atoms with E-state index >= 15 is 0 Å². The van der Waals surface area contributed by atoms with Gasteiger partial charge in [0.15, 0.2) is 5.84 Å². The van der Waals surface area contributed by atoms with E-state index in [-0.39, 0.29) is 17.1 Å². The molecule has 9 heteroatoms. The van der Waals surface area contributed by atoms with Crippen molar-refractivity contribution in [1.29, 1.82) is 10.7 Å². The van der Waals surface area contributed by atoms with Crippen LogP contribution in [0.3, 0.4) is 0 Å². The average molecular weight is 306 g/mol. The van der Waals surface area contributed by atoms with E-state index in [0.717, 1.165) is 17.1 Å². The van der Waals surface area contributed by atoms with Crippen molar-refractivity contribution in [2.75, 3.05) is 11.2 Å². The van der Waals surface area contributed by atoms with E-state index in [1.54, 1.807) is 30.0 Å². The molecule has 1 aromatic carbocycles. The Morgan fingerprint density at radius 1 is 1.67 bits per heavy atom. The Labute approximate surface area is 125 Å². The maximum absolute atomic E-state index is 11.0. The smallest absolute Gasteiger partial charge is 0.294 e. The summed E-state index contributed by atoms with van der Waals surface area (Å²) >= 11 is 1.56. The van der Waals surface area contributed by atoms with Crippen molar-refractivity contribution in [2.24, 2.45) is 10.8 Å². The number of hydrogen-bond acceptors (Lipinski definition) is 7. The van der Waals surface area contributed by atoms with Crippen molar-refractivity contribution in [3.63, 3.8) is 0 Å². The first kappa shape index (κ1) is 16.5. The Bertz CT molecular complexity index is 623. The Morgan fingerprint density at radius 2 is 2.38 bits per heavy atom. The molecule has 0 aliphatic rings. The van der Waals surface area contributed by atoms with Crippen LogP contribution in [0.5, 0.6) is 0 Å². The number of nitrogens with one attached hydrogen (secondary N) is 2. The highest BCUT2D eigenvalue weighted by Crippen LogP contribution is 2.30. The minimum atomic E-state index is -0.550. The number of nitro groups is 1. The van der Waals surface area contributed by atoms with Gasteiger partial charge in [0.25, 0.3) is 5.69 Å². The molecule has 0 radical (unpaired) electrons. The molecule has 0 spiro atoms. The van der Waals surface area contributed by atoms with Gasteiger partial charge in [-0.25, -0.2) is 0 Å². The van der Waals surface area contributed by atoms with Gasteiger partial charge in [0.05, 0.1) is 4.92 Å². The van der Waals surface area contributed by atoms with Crippen LogP contribution in [0.1, 0.15) is 13.3 Å². The van der Waals surface area contributed by atoms with Crippen LogP contribution in [0.15, 0.2) is 28.2 Å². The van der Waals surface area contributed by atoms with Gasteiger partial charge in [-0.2, -0.15) is 10.4 Å². The van der Waals surface area contributed by atoms with Crippen LogP contribution < -0.4 is 11.2 Å². The minimum Gasteiger partial charge on any atom is -0.382 e. The van der Waals surface area contributed by atoms with Crippen LogP contribution >= 0.6 is 11.8 Å². The van der Waals surface area contributed by atoms with Gasteiger partial charge in [0.1, 0.15) is 11.8 Å². The van der Waals surface area contributed by atoms with Gasteiger partial charge in [-0.15, -0.1) is 11.8 Å². The van der Waals surface area contributed by atoms with E-state index < -0.39 is 10.8 Å². The monoisotopic (exact) mass is 306 g/mol. The van der Waals surface area contributed by atoms with Crippen molar-refractivity contribution < 1.29 is 4.92 Å². The zero-order valence-electron chi connectivity index (χ0n) is 11.3. The van der Waals surface area contributed by atoms with Gasteiger partial charge in [-0.3, -0.25) is 20.9 Å². The average Bonchev–Trinajstić information content (AvgIpc) is 2.45. The first-order valence-corrected chi connectivity index (χ1v) is 6.97. The summed E-state index contributed by atoms with van der Waals surface area (Å²) < 4.78 is 0. The minimum absolute atomic E-state index is 0.148. The fraction of sp³-hybridized carbons (Fsp3) is 0.250. The van der Waals surface area contributed by atoms with Gasteiger partial charge >= 0.3 is 0 Å². The Hall–Kier alpha value is -2.60. The normalized spacial score (nSPS) is 10.8. The molecule has 21 heavy (non-hydrogen) atoms. The molecule has 0 aliphatic heterocycles. The van der Waals surface area contributed by atoms with Gasteiger partial charge in [-0.05, 0) is 24.3 Å². The number of anilines is 1. The van der Waals surface area contributed by atoms with Crippen molar-refractivity contribution in [3.8, 4) is 6.07 Å². The van der Waals surface area contributed by atoms with Crippen LogP contribution in [0.2, 0.25) is 0 Å². The fourth-order valence-electron chi connectivity index (χ4n) is 1.34. The number of rotatable bonds is 7. The summed E-state index contributed by atoms with van der Waals surface area (Å²) in [6, 6.07) is 6.24. The number of nitriles is 1. The SMILES string of the molecule is CCCSc1ccc([N+](=O)[O-])c(N/N=C(\C#N)C(=N)N)c1. The third-order valence-electron chi connectivity index (χ3n) is 2.29. The second kappa shape index (κ2) is 7.86. The number of hydrogen-bond donors (Lipinski definition) is 3. The number of nitro benzene ring substituents is 1. The number of amidine groups is 1. The Balaban J connectivity index is 3.09. The highest BCUT2D eigenvalue weighted by atomic mass is 32.2. The third kappa shape index (κ3) is 4.77. The molecule has 0 fully saturated rings. The summed E-state index contributed by atoms with van der Waals surface area (Å²) in [6.07, 6.45) is 0.978. The lowest BCUT2D eigenvalue weighted by atomic mass is 10.3. The lowest BCUT2D eigenvalue weighted by Gasteiger charge is -2.06. The summed E-state index contributed by atoms with van der Waals surface area (Å²) in [6.45, 7) is 2.04. The van der Waals surface area contributed by atoms with Gasteiger partial charge < -0.3 is 5.73 Å². The van der Waals surface area contributed by atoms with Crippen molar-refractivity contribution in [1.82, 2.24) is 0 Å². The van der Waals surface area contributed by atoms with Crippen LogP contribution in [0.25, 0.3) is 0 Å². The predicted octanol–water partition coefficient (Wildman–Crippen LogP) is 2.32. The molecule has 110 valence electrons. The largest absolute Gasteiger partial charge is 0.382 e. The second-order valence-corrected chi connectivity index (χ2v) is 5.05. The van der Waals surface area contributed by atoms with E-state index in [0.29, 0.717) is 0 Å². The van der Waals surface area contributed by atoms with Crippen LogP contribution in [0, 0.1) is 26.9 Å². The van der Waals surface area contributed by atoms with Crippen molar-refractivity contribution >= 4 is 34.7 Å². The summed E-state index contributed by atoms with van der Waals surface area (Å²) in [5, 5.41) is 30.5. The van der Waals surface area contributed by atoms with Crippen LogP contribution in [-0.4, -0.2) is 22.2 Å². The molecule has 0 aromatic heterocycles. The number of benzene rings is 1. The molecular formula is C12H14N6O2S. The number of hydrazone groups is 1. The highest BCUT2D eigenvalue weighted by molar-refractivity contribution is 7.99. The van der Waals surface area contributed by atoms with Crippen molar-refractivity contribution in [3.05, 3.63) is 28.3 Å². The van der Waals surface area contributed by atoms with E-state index in [1.165, 1.54) is 6.07 Å². The lowest BCUT2D eigenvalue weighted by molar-refractivity contribution is -0.384. The van der Waals surface area contributed by atoms with E-state index in [4.69, 9.17) is 16.4 Å². The molecule has 1 rings (SSSR count). The first-order chi connectivity index (χ1) is 9.99. The van der Waals surface area contributed by atoms with Crippen molar-refractivity contribution in [2.45, 2.75) is 18.2 Å². The molecule has 0 atom stereocenters. The zero-order chi connectivity index (χ0) is 15.8. The molecular weight excluding hydrogens is 292 g/mol. The maximum Gasteiger partial charge on any atom is 0.294 e. The third-order valence-corrected chi connectivity index (χ3v) is 3.49. The van der Waals surface area contributed by atoms with E-state index in [1.807, 2.05) is 6.92 Å². The summed E-state index contributed by atoms with van der Waals surface area (Å²) in [4.78, 5) is 11.3. The first-order valence-electron chi connectivity index (χ1n) is 5.99. The molecule has 4 N–H and O–H groups in total. The molecule has 0 heterocycles. The summed E-state index contributed by atoms with van der Waals surface area (Å²) in [7, 11) is 0. The quantitative estimate of drug-likeness (QED) is 0.232. The number of nitrogens with two attached hydrogens (primary N) is 1. The number of thioether (sulfide) groups is 1. The van der Waals surface area contributed by atoms with Gasteiger partial charge in [0, 0.05) is 11.0 Å². The molecule has 1 aromatic rings. The Kier molecular flexibility index (Phi) is 6.16. The topological polar surface area (TPSA) is 141 Å². The predicted molar refractivity (Wildman–Crippen MR) is 82.7 cm³/mol. The molecule has 0 aliphatic carbocycles. The number of nitrogens with zero attached hydrogens (tertiary/aromatic N) is 3. The molecule has 8 nitrogen and oxygen atoms in total. The fourth-order valence-corrected chi connectivity index (χ4v) is 2.14. The van der Waals surface area contributed by atoms with Gasteiger partial charge in [0.2, 0.25) is 5.71 Å². The molecule has 0 amide bonds.